The molecule has 0 heterocycles. The van der Waals surface area contributed by atoms with Gasteiger partial charge in [-0.1, -0.05) is 55.5 Å². The third kappa shape index (κ3) is 4.91. The van der Waals surface area contributed by atoms with Gasteiger partial charge in [0.15, 0.2) is 0 Å². The van der Waals surface area contributed by atoms with Crippen LogP contribution in [0.25, 0.3) is 10.8 Å². The molecule has 0 fully saturated rings. The Hall–Kier alpha value is -3.06. The number of rotatable bonds is 8. The molecular weight excluding hydrogens is 400 g/mol. The van der Waals surface area contributed by atoms with Crippen molar-refractivity contribution in [3.05, 3.63) is 72.3 Å². The van der Waals surface area contributed by atoms with Crippen LogP contribution >= 0.6 is 0 Å². The molecule has 0 radical (unpaired) electrons. The number of amides is 1. The number of nitrogens with one attached hydrogen (secondary N) is 1. The van der Waals surface area contributed by atoms with E-state index in [2.05, 4.69) is 5.32 Å². The fraction of sp³-hybridized carbons (Fsp3) is 0.261. The number of benzene rings is 3. The second-order valence-corrected chi connectivity index (χ2v) is 8.98. The van der Waals surface area contributed by atoms with Crippen LogP contribution in [0.3, 0.4) is 0 Å². The van der Waals surface area contributed by atoms with Crippen molar-refractivity contribution < 1.29 is 17.9 Å². The van der Waals surface area contributed by atoms with E-state index in [9.17, 15) is 13.2 Å². The van der Waals surface area contributed by atoms with Gasteiger partial charge in [0.25, 0.3) is 0 Å². The van der Waals surface area contributed by atoms with Crippen molar-refractivity contribution in [1.82, 2.24) is 5.32 Å². The Labute approximate surface area is 177 Å². The summed E-state index contributed by atoms with van der Waals surface area (Å²) in [5, 5.41) is 4.64. The highest BCUT2D eigenvalue weighted by Crippen LogP contribution is 2.28. The molecule has 0 aliphatic carbocycles. The van der Waals surface area contributed by atoms with Crippen LogP contribution in [-0.4, -0.2) is 34.2 Å². The van der Waals surface area contributed by atoms with Gasteiger partial charge in [0.05, 0.1) is 25.1 Å². The summed E-state index contributed by atoms with van der Waals surface area (Å²) in [4.78, 5) is 12.8. The fourth-order valence-electron chi connectivity index (χ4n) is 3.43. The van der Waals surface area contributed by atoms with E-state index < -0.39 is 10.0 Å². The molecule has 3 aromatic rings. The Morgan fingerprint density at radius 2 is 1.70 bits per heavy atom. The zero-order valence-corrected chi connectivity index (χ0v) is 18.1. The number of methoxy groups -OCH3 is 1. The van der Waals surface area contributed by atoms with E-state index in [-0.39, 0.29) is 18.5 Å². The summed E-state index contributed by atoms with van der Waals surface area (Å²) in [7, 11) is -2.07. The lowest BCUT2D eigenvalue weighted by Gasteiger charge is -2.25. The summed E-state index contributed by atoms with van der Waals surface area (Å²) in [6, 6.07) is 20.2. The highest BCUT2D eigenvalue weighted by molar-refractivity contribution is 7.92. The lowest BCUT2D eigenvalue weighted by molar-refractivity contribution is -0.120. The van der Waals surface area contributed by atoms with Crippen LogP contribution in [0.1, 0.15) is 24.9 Å². The minimum Gasteiger partial charge on any atom is -0.497 e. The molecule has 1 N–H and O–H groups in total. The molecule has 158 valence electrons. The second-order valence-electron chi connectivity index (χ2n) is 7.07. The molecular formula is C23H26N2O4S. The summed E-state index contributed by atoms with van der Waals surface area (Å²) < 4.78 is 31.4. The molecule has 0 bridgehead atoms. The molecule has 0 aliphatic heterocycles. The Morgan fingerprint density at radius 1 is 1.03 bits per heavy atom. The average Bonchev–Trinajstić information content (AvgIpc) is 2.75. The van der Waals surface area contributed by atoms with Crippen LogP contribution in [0.15, 0.2) is 66.7 Å². The lowest BCUT2D eigenvalue weighted by Crippen LogP contribution is -2.41. The summed E-state index contributed by atoms with van der Waals surface area (Å²) in [5.74, 6) is 0.371. The van der Waals surface area contributed by atoms with Crippen LogP contribution in [0.4, 0.5) is 5.69 Å². The Bertz CT molecular complexity index is 1120. The lowest BCUT2D eigenvalue weighted by atomic mass is 10.0. The quantitative estimate of drug-likeness (QED) is 0.593. The molecule has 3 aromatic carbocycles. The van der Waals surface area contributed by atoms with Gasteiger partial charge in [-0.15, -0.1) is 0 Å². The number of hydrogen-bond donors (Lipinski definition) is 1. The highest BCUT2D eigenvalue weighted by atomic mass is 32.2. The van der Waals surface area contributed by atoms with E-state index in [4.69, 9.17) is 4.74 Å². The monoisotopic (exact) mass is 426 g/mol. The first-order valence-corrected chi connectivity index (χ1v) is 11.6. The van der Waals surface area contributed by atoms with Gasteiger partial charge in [0.2, 0.25) is 15.9 Å². The molecule has 1 atom stereocenters. The SMILES string of the molecule is CCC(NC(=O)CN(c1cccc2ccccc12)S(C)(=O)=O)c1ccc(OC)cc1. The molecule has 30 heavy (non-hydrogen) atoms. The number of carbonyl (C=O) groups excluding carboxylic acids is 1. The molecule has 1 unspecified atom stereocenters. The number of carbonyl (C=O) groups is 1. The number of anilines is 1. The van der Waals surface area contributed by atoms with Gasteiger partial charge in [-0.2, -0.15) is 0 Å². The van der Waals surface area contributed by atoms with Crippen LogP contribution in [0.5, 0.6) is 5.75 Å². The molecule has 7 heteroatoms. The summed E-state index contributed by atoms with van der Waals surface area (Å²) in [6.07, 6.45) is 1.79. The van der Waals surface area contributed by atoms with E-state index in [1.54, 1.807) is 19.2 Å². The van der Waals surface area contributed by atoms with Crippen molar-refractivity contribution in [3.8, 4) is 5.75 Å². The first-order chi connectivity index (χ1) is 14.3. The molecule has 0 aliphatic rings. The van der Waals surface area contributed by atoms with Gasteiger partial charge in [0, 0.05) is 5.39 Å². The largest absolute Gasteiger partial charge is 0.497 e. The van der Waals surface area contributed by atoms with Gasteiger partial charge >= 0.3 is 0 Å². The molecule has 0 saturated carbocycles. The molecule has 6 nitrogen and oxygen atoms in total. The predicted octanol–water partition coefficient (Wildman–Crippen LogP) is 3.88. The van der Waals surface area contributed by atoms with E-state index in [1.165, 1.54) is 0 Å². The van der Waals surface area contributed by atoms with Crippen LogP contribution in [0, 0.1) is 0 Å². The third-order valence-corrected chi connectivity index (χ3v) is 6.11. The average molecular weight is 427 g/mol. The van der Waals surface area contributed by atoms with Crippen molar-refractivity contribution in [2.24, 2.45) is 0 Å². The van der Waals surface area contributed by atoms with E-state index in [0.29, 0.717) is 12.1 Å². The van der Waals surface area contributed by atoms with Gasteiger partial charge in [-0.25, -0.2) is 8.42 Å². The maximum Gasteiger partial charge on any atom is 0.241 e. The number of nitrogens with zero attached hydrogens (tertiary/aromatic N) is 1. The predicted molar refractivity (Wildman–Crippen MR) is 120 cm³/mol. The van der Waals surface area contributed by atoms with E-state index >= 15 is 0 Å². The standard InChI is InChI=1S/C23H26N2O4S/c1-4-21(18-12-14-19(29-2)15-13-18)24-23(26)16-25(30(3,27)28)22-11-7-9-17-8-5-6-10-20(17)22/h5-15,21H,4,16H2,1-3H3,(H,24,26). The van der Waals surface area contributed by atoms with Crippen molar-refractivity contribution in [2.75, 3.05) is 24.2 Å². The Balaban J connectivity index is 1.85. The molecule has 1 amide bonds. The number of sulfonamides is 1. The minimum atomic E-state index is -3.66. The smallest absolute Gasteiger partial charge is 0.241 e. The highest BCUT2D eigenvalue weighted by Gasteiger charge is 2.24. The molecule has 0 spiro atoms. The maximum atomic E-state index is 12.8. The van der Waals surface area contributed by atoms with Gasteiger partial charge in [0.1, 0.15) is 12.3 Å². The van der Waals surface area contributed by atoms with Gasteiger partial charge in [-0.05, 0) is 35.6 Å². The fourth-order valence-corrected chi connectivity index (χ4v) is 4.30. The molecule has 0 aromatic heterocycles. The zero-order valence-electron chi connectivity index (χ0n) is 17.3. The van der Waals surface area contributed by atoms with Crippen LogP contribution in [0.2, 0.25) is 0 Å². The molecule has 3 rings (SSSR count). The van der Waals surface area contributed by atoms with Crippen molar-refractivity contribution in [1.29, 1.82) is 0 Å². The van der Waals surface area contributed by atoms with Gasteiger partial charge in [-0.3, -0.25) is 9.10 Å². The first-order valence-electron chi connectivity index (χ1n) is 9.72. The second kappa shape index (κ2) is 9.17. The van der Waals surface area contributed by atoms with Crippen molar-refractivity contribution in [2.45, 2.75) is 19.4 Å². The van der Waals surface area contributed by atoms with Crippen molar-refractivity contribution >= 4 is 32.4 Å². The maximum absolute atomic E-state index is 12.8. The minimum absolute atomic E-state index is 0.225. The Morgan fingerprint density at radius 3 is 2.33 bits per heavy atom. The normalized spacial score (nSPS) is 12.4. The third-order valence-electron chi connectivity index (χ3n) is 4.98. The number of hydrogen-bond acceptors (Lipinski definition) is 4. The summed E-state index contributed by atoms with van der Waals surface area (Å²) in [5.41, 5.74) is 1.42. The van der Waals surface area contributed by atoms with E-state index in [1.807, 2.05) is 61.5 Å². The van der Waals surface area contributed by atoms with Crippen LogP contribution in [-0.2, 0) is 14.8 Å². The summed E-state index contributed by atoms with van der Waals surface area (Å²) in [6.45, 7) is 1.67. The molecule has 0 saturated heterocycles. The first kappa shape index (κ1) is 21.6. The van der Waals surface area contributed by atoms with E-state index in [0.717, 1.165) is 32.6 Å². The zero-order chi connectivity index (χ0) is 21.7. The Kier molecular flexibility index (Phi) is 6.62. The van der Waals surface area contributed by atoms with Crippen LogP contribution < -0.4 is 14.4 Å². The topological polar surface area (TPSA) is 75.7 Å². The van der Waals surface area contributed by atoms with Crippen molar-refractivity contribution in [3.63, 3.8) is 0 Å². The number of fused-ring (bicyclic) bond motifs is 1. The summed E-state index contributed by atoms with van der Waals surface area (Å²) >= 11 is 0. The van der Waals surface area contributed by atoms with Gasteiger partial charge < -0.3 is 10.1 Å². The number of ether oxygens (including phenoxy) is 1.